The van der Waals surface area contributed by atoms with Gasteiger partial charge in [0.1, 0.15) is 11.4 Å². The van der Waals surface area contributed by atoms with Crippen LogP contribution in [0, 0.1) is 6.92 Å². The Morgan fingerprint density at radius 3 is 2.84 bits per heavy atom. The number of nitrogens with one attached hydrogen (secondary N) is 1. The Kier molecular flexibility index (Phi) is 5.22. The zero-order valence-corrected chi connectivity index (χ0v) is 12.9. The summed E-state index contributed by atoms with van der Waals surface area (Å²) >= 11 is 3.48. The molecule has 0 amide bonds. The Balaban J connectivity index is 1.76. The van der Waals surface area contributed by atoms with Gasteiger partial charge in [0.05, 0.1) is 6.61 Å². The first-order valence-electron chi connectivity index (χ1n) is 6.88. The van der Waals surface area contributed by atoms with Gasteiger partial charge in [-0.25, -0.2) is 4.39 Å². The molecule has 1 saturated heterocycles. The third-order valence-electron chi connectivity index (χ3n) is 3.74. The summed E-state index contributed by atoms with van der Waals surface area (Å²) in [7, 11) is 0. The van der Waals surface area contributed by atoms with Crippen LogP contribution < -0.4 is 10.1 Å². The molecular formula is C15H21BrFNO. The molecule has 19 heavy (non-hydrogen) atoms. The lowest BCUT2D eigenvalue weighted by Gasteiger charge is -2.30. The highest BCUT2D eigenvalue weighted by Crippen LogP contribution is 2.29. The first-order valence-corrected chi connectivity index (χ1v) is 7.68. The summed E-state index contributed by atoms with van der Waals surface area (Å²) in [5, 5.41) is 3.19. The van der Waals surface area contributed by atoms with Crippen molar-refractivity contribution >= 4 is 15.9 Å². The van der Waals surface area contributed by atoms with Crippen LogP contribution in [0.1, 0.15) is 31.2 Å². The van der Waals surface area contributed by atoms with Crippen molar-refractivity contribution in [1.82, 2.24) is 5.32 Å². The normalized spacial score (nSPS) is 18.3. The van der Waals surface area contributed by atoms with Crippen molar-refractivity contribution in [2.24, 2.45) is 0 Å². The summed E-state index contributed by atoms with van der Waals surface area (Å²) < 4.78 is 21.1. The van der Waals surface area contributed by atoms with Crippen LogP contribution in [-0.2, 0) is 0 Å². The molecule has 0 unspecified atom stereocenters. The van der Waals surface area contributed by atoms with Crippen LogP contribution >= 0.6 is 15.9 Å². The Labute approximate surface area is 122 Å². The number of piperidine rings is 1. The molecule has 0 bridgehead atoms. The first kappa shape index (κ1) is 14.8. The van der Waals surface area contributed by atoms with Crippen LogP contribution in [0.3, 0.4) is 0 Å². The largest absolute Gasteiger partial charge is 0.493 e. The zero-order valence-electron chi connectivity index (χ0n) is 11.3. The van der Waals surface area contributed by atoms with Crippen LogP contribution in [0.4, 0.5) is 4.39 Å². The standard InChI is InChI=1S/C15H21BrFNO/c1-12-13(16)4-2-5-14(12)19-11-3-6-15(17)7-9-18-10-8-15/h2,4-5,18H,3,6-11H2,1H3. The van der Waals surface area contributed by atoms with Crippen molar-refractivity contribution < 1.29 is 9.13 Å². The molecule has 1 aliphatic heterocycles. The molecule has 0 aliphatic carbocycles. The van der Waals surface area contributed by atoms with Gasteiger partial charge in [-0.2, -0.15) is 0 Å². The van der Waals surface area contributed by atoms with E-state index in [-0.39, 0.29) is 0 Å². The molecule has 0 saturated carbocycles. The molecule has 0 spiro atoms. The average Bonchev–Trinajstić information content (AvgIpc) is 2.40. The molecule has 4 heteroatoms. The van der Waals surface area contributed by atoms with Gasteiger partial charge in [-0.05, 0) is 57.8 Å². The van der Waals surface area contributed by atoms with E-state index >= 15 is 0 Å². The quantitative estimate of drug-likeness (QED) is 0.824. The molecule has 106 valence electrons. The van der Waals surface area contributed by atoms with Crippen LogP contribution in [0.5, 0.6) is 5.75 Å². The topological polar surface area (TPSA) is 21.3 Å². The van der Waals surface area contributed by atoms with Gasteiger partial charge >= 0.3 is 0 Å². The van der Waals surface area contributed by atoms with Gasteiger partial charge in [-0.3, -0.25) is 0 Å². The summed E-state index contributed by atoms with van der Waals surface area (Å²) in [4.78, 5) is 0. The molecule has 1 N–H and O–H groups in total. The molecule has 2 nitrogen and oxygen atoms in total. The highest BCUT2D eigenvalue weighted by molar-refractivity contribution is 9.10. The minimum Gasteiger partial charge on any atom is -0.493 e. The van der Waals surface area contributed by atoms with Crippen molar-refractivity contribution in [3.05, 3.63) is 28.2 Å². The van der Waals surface area contributed by atoms with Crippen molar-refractivity contribution in [3.8, 4) is 5.75 Å². The van der Waals surface area contributed by atoms with Crippen molar-refractivity contribution in [1.29, 1.82) is 0 Å². The molecule has 2 rings (SSSR count). The number of hydrogen-bond donors (Lipinski definition) is 1. The summed E-state index contributed by atoms with van der Waals surface area (Å²) in [5.41, 5.74) is 0.111. The van der Waals surface area contributed by atoms with Gasteiger partial charge in [-0.1, -0.05) is 22.0 Å². The number of rotatable bonds is 5. The third-order valence-corrected chi connectivity index (χ3v) is 4.60. The van der Waals surface area contributed by atoms with Gasteiger partial charge in [-0.15, -0.1) is 0 Å². The minimum atomic E-state index is -0.985. The molecule has 1 aliphatic rings. The van der Waals surface area contributed by atoms with E-state index < -0.39 is 5.67 Å². The highest BCUT2D eigenvalue weighted by Gasteiger charge is 2.30. The summed E-state index contributed by atoms with van der Waals surface area (Å²) in [6.07, 6.45) is 2.62. The molecular weight excluding hydrogens is 309 g/mol. The van der Waals surface area contributed by atoms with E-state index in [0.717, 1.165) is 35.3 Å². The van der Waals surface area contributed by atoms with Crippen molar-refractivity contribution in [2.45, 2.75) is 38.3 Å². The summed E-state index contributed by atoms with van der Waals surface area (Å²) in [6.45, 7) is 4.18. The molecule has 0 aromatic heterocycles. The molecule has 1 aromatic carbocycles. The third kappa shape index (κ3) is 4.18. The van der Waals surface area contributed by atoms with Gasteiger partial charge in [0, 0.05) is 10.0 Å². The van der Waals surface area contributed by atoms with E-state index in [0.29, 0.717) is 25.9 Å². The smallest absolute Gasteiger partial charge is 0.123 e. The Hall–Kier alpha value is -0.610. The van der Waals surface area contributed by atoms with Gasteiger partial charge in [0.25, 0.3) is 0 Å². The van der Waals surface area contributed by atoms with E-state index in [1.54, 1.807) is 0 Å². The van der Waals surface area contributed by atoms with Crippen molar-refractivity contribution in [2.75, 3.05) is 19.7 Å². The maximum Gasteiger partial charge on any atom is 0.123 e. The second kappa shape index (κ2) is 6.71. The van der Waals surface area contributed by atoms with E-state index in [1.165, 1.54) is 0 Å². The Morgan fingerprint density at radius 1 is 1.37 bits per heavy atom. The summed E-state index contributed by atoms with van der Waals surface area (Å²) in [6, 6.07) is 5.90. The summed E-state index contributed by atoms with van der Waals surface area (Å²) in [5.74, 6) is 0.882. The predicted molar refractivity (Wildman–Crippen MR) is 79.6 cm³/mol. The molecule has 0 radical (unpaired) electrons. The number of halogens is 2. The fraction of sp³-hybridized carbons (Fsp3) is 0.600. The SMILES string of the molecule is Cc1c(Br)cccc1OCCCC1(F)CCNCC1. The predicted octanol–water partition coefficient (Wildman–Crippen LogP) is 4.01. The minimum absolute atomic E-state index is 0.580. The van der Waals surface area contributed by atoms with Crippen molar-refractivity contribution in [3.63, 3.8) is 0 Å². The zero-order chi connectivity index (χ0) is 13.7. The Bertz CT molecular complexity index is 419. The van der Waals surface area contributed by atoms with Gasteiger partial charge in [0.15, 0.2) is 0 Å². The van der Waals surface area contributed by atoms with E-state index in [1.807, 2.05) is 25.1 Å². The fourth-order valence-electron chi connectivity index (χ4n) is 2.44. The van der Waals surface area contributed by atoms with Gasteiger partial charge < -0.3 is 10.1 Å². The fourth-order valence-corrected chi connectivity index (χ4v) is 2.79. The van der Waals surface area contributed by atoms with E-state index in [4.69, 9.17) is 4.74 Å². The number of benzene rings is 1. The van der Waals surface area contributed by atoms with Crippen LogP contribution in [0.15, 0.2) is 22.7 Å². The molecule has 1 aromatic rings. The average molecular weight is 330 g/mol. The lowest BCUT2D eigenvalue weighted by atomic mass is 9.90. The first-order chi connectivity index (χ1) is 9.11. The van der Waals surface area contributed by atoms with Crippen LogP contribution in [0.25, 0.3) is 0 Å². The highest BCUT2D eigenvalue weighted by atomic mass is 79.9. The number of alkyl halides is 1. The molecule has 1 heterocycles. The number of ether oxygens (including phenoxy) is 1. The second-order valence-electron chi connectivity index (χ2n) is 5.22. The molecule has 0 atom stereocenters. The Morgan fingerprint density at radius 2 is 2.11 bits per heavy atom. The van der Waals surface area contributed by atoms with E-state index in [2.05, 4.69) is 21.2 Å². The lowest BCUT2D eigenvalue weighted by Crippen LogP contribution is -2.38. The lowest BCUT2D eigenvalue weighted by molar-refractivity contribution is 0.0957. The van der Waals surface area contributed by atoms with Crippen LogP contribution in [-0.4, -0.2) is 25.4 Å². The monoisotopic (exact) mass is 329 g/mol. The maximum atomic E-state index is 14.3. The maximum absolute atomic E-state index is 14.3. The second-order valence-corrected chi connectivity index (χ2v) is 6.07. The number of hydrogen-bond acceptors (Lipinski definition) is 2. The van der Waals surface area contributed by atoms with Gasteiger partial charge in [0.2, 0.25) is 0 Å². The van der Waals surface area contributed by atoms with Crippen LogP contribution in [0.2, 0.25) is 0 Å². The molecule has 1 fully saturated rings. The van der Waals surface area contributed by atoms with E-state index in [9.17, 15) is 4.39 Å².